The molecule has 1 aromatic heterocycles. The summed E-state index contributed by atoms with van der Waals surface area (Å²) in [5, 5.41) is 14.4. The maximum absolute atomic E-state index is 12.0. The van der Waals surface area contributed by atoms with Crippen molar-refractivity contribution >= 4 is 29.3 Å². The predicted molar refractivity (Wildman–Crippen MR) is 136 cm³/mol. The van der Waals surface area contributed by atoms with Crippen molar-refractivity contribution in [2.45, 2.75) is 50.6 Å². The van der Waals surface area contributed by atoms with Crippen molar-refractivity contribution in [1.82, 2.24) is 25.4 Å². The Labute approximate surface area is 206 Å². The number of nitrogens with zero attached hydrogens (tertiary/aromatic N) is 5. The van der Waals surface area contributed by atoms with Crippen LogP contribution in [0.4, 0.5) is 17.5 Å². The molecule has 0 saturated carbocycles. The Balaban J connectivity index is 1.53. The van der Waals surface area contributed by atoms with Crippen LogP contribution in [-0.4, -0.2) is 70.7 Å². The van der Waals surface area contributed by atoms with Crippen LogP contribution in [0, 0.1) is 0 Å². The number of nitrogens with one attached hydrogen (secondary N) is 2. The zero-order valence-corrected chi connectivity index (χ0v) is 20.4. The molecular weight excluding hydrogens is 444 g/mol. The van der Waals surface area contributed by atoms with Gasteiger partial charge < -0.3 is 26.2 Å². The minimum Gasteiger partial charge on any atom is -0.364 e. The monoisotopic (exact) mass is 478 g/mol. The lowest BCUT2D eigenvalue weighted by molar-refractivity contribution is -0.117. The van der Waals surface area contributed by atoms with E-state index in [0.29, 0.717) is 18.4 Å². The van der Waals surface area contributed by atoms with E-state index in [-0.39, 0.29) is 29.5 Å². The summed E-state index contributed by atoms with van der Waals surface area (Å²) in [6.45, 7) is 8.46. The standard InChI is InChI=1S/C25H34N8O2/c1-4-21(34)28-20-6-5-13-33(16(20)2)25-29-24(22(23(26)35)30-31-25)27-19-9-7-17(8-10-19)18-11-14-32(3)15-12-18/h4,7-10,16,18,20H,1,5-6,11-15H2,2-3H3,(H2,26,35)(H,28,34)(H,27,29,31)/t16-,20-/m1/s1. The molecule has 1 aromatic carbocycles. The molecule has 10 heteroatoms. The van der Waals surface area contributed by atoms with Crippen LogP contribution in [0.1, 0.15) is 54.6 Å². The lowest BCUT2D eigenvalue weighted by Crippen LogP contribution is -2.54. The van der Waals surface area contributed by atoms with Crippen molar-refractivity contribution in [2.75, 3.05) is 36.9 Å². The van der Waals surface area contributed by atoms with Gasteiger partial charge >= 0.3 is 0 Å². The molecule has 2 aliphatic heterocycles. The minimum atomic E-state index is -0.704. The van der Waals surface area contributed by atoms with Gasteiger partial charge in [-0.25, -0.2) is 0 Å². The summed E-state index contributed by atoms with van der Waals surface area (Å²) >= 11 is 0. The molecule has 2 saturated heterocycles. The highest BCUT2D eigenvalue weighted by molar-refractivity contribution is 5.96. The molecular formula is C25H34N8O2. The number of amides is 2. The van der Waals surface area contributed by atoms with Gasteiger partial charge in [-0.1, -0.05) is 18.7 Å². The molecule has 4 N–H and O–H groups in total. The number of hydrogen-bond acceptors (Lipinski definition) is 8. The number of anilines is 3. The number of hydrogen-bond donors (Lipinski definition) is 3. The number of primary amides is 1. The third-order valence-corrected chi connectivity index (χ3v) is 7.03. The normalized spacial score (nSPS) is 21.4. The molecule has 0 bridgehead atoms. The van der Waals surface area contributed by atoms with E-state index in [0.717, 1.165) is 44.5 Å². The summed E-state index contributed by atoms with van der Waals surface area (Å²) in [4.78, 5) is 32.8. The van der Waals surface area contributed by atoms with Crippen molar-refractivity contribution in [3.63, 3.8) is 0 Å². The van der Waals surface area contributed by atoms with E-state index in [1.165, 1.54) is 11.6 Å². The molecule has 3 heterocycles. The highest BCUT2D eigenvalue weighted by atomic mass is 16.2. The highest BCUT2D eigenvalue weighted by Gasteiger charge is 2.31. The highest BCUT2D eigenvalue weighted by Crippen LogP contribution is 2.29. The molecule has 2 amide bonds. The van der Waals surface area contributed by atoms with Gasteiger partial charge in [0, 0.05) is 24.3 Å². The fourth-order valence-electron chi connectivity index (χ4n) is 4.87. The zero-order chi connectivity index (χ0) is 24.9. The van der Waals surface area contributed by atoms with Crippen LogP contribution in [0.2, 0.25) is 0 Å². The first-order valence-corrected chi connectivity index (χ1v) is 12.2. The molecule has 2 fully saturated rings. The second kappa shape index (κ2) is 10.8. The maximum atomic E-state index is 12.0. The number of rotatable bonds is 7. The number of benzene rings is 1. The number of carbonyl (C=O) groups excluding carboxylic acids is 2. The van der Waals surface area contributed by atoms with Gasteiger partial charge in [0.2, 0.25) is 11.9 Å². The van der Waals surface area contributed by atoms with E-state index in [1.54, 1.807) is 0 Å². The van der Waals surface area contributed by atoms with Gasteiger partial charge in [0.1, 0.15) is 0 Å². The molecule has 2 atom stereocenters. The SMILES string of the molecule is C=CC(=O)N[C@@H]1CCCN(c2nnc(C(N)=O)c(Nc3ccc(C4CCN(C)CC4)cc3)n2)[C@@H]1C. The smallest absolute Gasteiger partial charge is 0.273 e. The van der Waals surface area contributed by atoms with Gasteiger partial charge in [-0.3, -0.25) is 9.59 Å². The fraction of sp³-hybridized carbons (Fsp3) is 0.480. The third-order valence-electron chi connectivity index (χ3n) is 7.03. The molecule has 186 valence electrons. The Morgan fingerprint density at radius 3 is 2.49 bits per heavy atom. The summed E-state index contributed by atoms with van der Waals surface area (Å²) in [6, 6.07) is 8.09. The van der Waals surface area contributed by atoms with Crippen molar-refractivity contribution < 1.29 is 9.59 Å². The molecule has 10 nitrogen and oxygen atoms in total. The van der Waals surface area contributed by atoms with Gasteiger partial charge in [0.15, 0.2) is 11.5 Å². The zero-order valence-electron chi connectivity index (χ0n) is 20.4. The van der Waals surface area contributed by atoms with Crippen molar-refractivity contribution in [2.24, 2.45) is 5.73 Å². The summed E-state index contributed by atoms with van der Waals surface area (Å²) in [5.74, 6) is 0.288. The van der Waals surface area contributed by atoms with Crippen LogP contribution < -0.4 is 21.3 Å². The molecule has 0 unspecified atom stereocenters. The number of likely N-dealkylation sites (tertiary alicyclic amines) is 1. The Hall–Kier alpha value is -3.53. The summed E-state index contributed by atoms with van der Waals surface area (Å²) in [5.41, 5.74) is 7.64. The summed E-state index contributed by atoms with van der Waals surface area (Å²) in [6.07, 6.45) is 5.27. The molecule has 0 radical (unpaired) electrons. The third kappa shape index (κ3) is 5.76. The van der Waals surface area contributed by atoms with E-state index in [2.05, 4.69) is 56.5 Å². The number of piperidine rings is 2. The maximum Gasteiger partial charge on any atom is 0.273 e. The average molecular weight is 479 g/mol. The van der Waals surface area contributed by atoms with Gasteiger partial charge in [-0.2, -0.15) is 4.98 Å². The van der Waals surface area contributed by atoms with Gasteiger partial charge in [-0.15, -0.1) is 10.2 Å². The van der Waals surface area contributed by atoms with Crippen LogP contribution in [0.25, 0.3) is 0 Å². The largest absolute Gasteiger partial charge is 0.364 e. The van der Waals surface area contributed by atoms with Crippen LogP contribution in [0.3, 0.4) is 0 Å². The van der Waals surface area contributed by atoms with E-state index in [9.17, 15) is 9.59 Å². The van der Waals surface area contributed by atoms with Crippen molar-refractivity contribution in [3.05, 3.63) is 48.2 Å². The van der Waals surface area contributed by atoms with E-state index in [4.69, 9.17) is 5.73 Å². The average Bonchev–Trinajstić information content (AvgIpc) is 2.86. The fourth-order valence-corrected chi connectivity index (χ4v) is 4.87. The first-order chi connectivity index (χ1) is 16.9. The van der Waals surface area contributed by atoms with Gasteiger partial charge in [0.05, 0.1) is 0 Å². The Kier molecular flexibility index (Phi) is 7.60. The molecule has 2 aromatic rings. The number of aromatic nitrogens is 3. The van der Waals surface area contributed by atoms with Crippen LogP contribution in [0.15, 0.2) is 36.9 Å². The van der Waals surface area contributed by atoms with E-state index < -0.39 is 5.91 Å². The quantitative estimate of drug-likeness (QED) is 0.517. The minimum absolute atomic E-state index is 0.0192. The first kappa shape index (κ1) is 24.6. The number of carbonyl (C=O) groups is 2. The lowest BCUT2D eigenvalue weighted by Gasteiger charge is -2.39. The molecule has 4 rings (SSSR count). The molecule has 35 heavy (non-hydrogen) atoms. The molecule has 2 aliphatic rings. The second-order valence-electron chi connectivity index (χ2n) is 9.39. The van der Waals surface area contributed by atoms with E-state index >= 15 is 0 Å². The van der Waals surface area contributed by atoms with Crippen LogP contribution in [-0.2, 0) is 4.79 Å². The van der Waals surface area contributed by atoms with Crippen LogP contribution in [0.5, 0.6) is 0 Å². The van der Waals surface area contributed by atoms with Crippen molar-refractivity contribution in [1.29, 1.82) is 0 Å². The number of nitrogens with two attached hydrogens (primary N) is 1. The van der Waals surface area contributed by atoms with E-state index in [1.807, 2.05) is 24.0 Å². The Bertz CT molecular complexity index is 1070. The summed E-state index contributed by atoms with van der Waals surface area (Å²) in [7, 11) is 2.16. The lowest BCUT2D eigenvalue weighted by atomic mass is 9.89. The predicted octanol–water partition coefficient (Wildman–Crippen LogP) is 2.18. The van der Waals surface area contributed by atoms with Crippen molar-refractivity contribution in [3.8, 4) is 0 Å². The Morgan fingerprint density at radius 2 is 1.83 bits per heavy atom. The Morgan fingerprint density at radius 1 is 1.11 bits per heavy atom. The van der Waals surface area contributed by atoms with Gasteiger partial charge in [0.25, 0.3) is 5.91 Å². The summed E-state index contributed by atoms with van der Waals surface area (Å²) < 4.78 is 0. The first-order valence-electron chi connectivity index (χ1n) is 12.2. The second-order valence-corrected chi connectivity index (χ2v) is 9.39. The topological polar surface area (TPSA) is 129 Å². The molecule has 0 aliphatic carbocycles. The van der Waals surface area contributed by atoms with Crippen LogP contribution >= 0.6 is 0 Å². The van der Waals surface area contributed by atoms with Gasteiger partial charge in [-0.05, 0) is 82.4 Å². The molecule has 0 spiro atoms.